The third-order valence-electron chi connectivity index (χ3n) is 4.44. The fourth-order valence-corrected chi connectivity index (χ4v) is 4.28. The Bertz CT molecular complexity index is 1150. The SMILES string of the molecule is CNc1nc2cc(-c3cccc(CNC(=O)CN)c3)sc2c2c1ncn2C. The van der Waals surface area contributed by atoms with Crippen LogP contribution in [0.2, 0.25) is 0 Å². The number of fused-ring (bicyclic) bond motifs is 3. The van der Waals surface area contributed by atoms with Crippen LogP contribution in [-0.4, -0.2) is 34.0 Å². The first-order valence-corrected chi connectivity index (χ1v) is 9.40. The third-order valence-corrected chi connectivity index (χ3v) is 5.62. The van der Waals surface area contributed by atoms with Gasteiger partial charge in [0.15, 0.2) is 5.82 Å². The number of amides is 1. The highest BCUT2D eigenvalue weighted by Crippen LogP contribution is 2.38. The quantitative estimate of drug-likeness (QED) is 0.494. The molecule has 0 aliphatic carbocycles. The smallest absolute Gasteiger partial charge is 0.234 e. The predicted octanol–water partition coefficient (Wildman–Crippen LogP) is 2.47. The fraction of sp³-hybridized carbons (Fsp3) is 0.211. The van der Waals surface area contributed by atoms with E-state index in [1.165, 1.54) is 0 Å². The molecule has 3 heterocycles. The first-order valence-electron chi connectivity index (χ1n) is 8.59. The van der Waals surface area contributed by atoms with Crippen molar-refractivity contribution in [1.82, 2.24) is 19.9 Å². The summed E-state index contributed by atoms with van der Waals surface area (Å²) < 4.78 is 3.14. The lowest BCUT2D eigenvalue weighted by atomic mass is 10.1. The molecule has 0 unspecified atom stereocenters. The van der Waals surface area contributed by atoms with Crippen molar-refractivity contribution < 1.29 is 4.79 Å². The summed E-state index contributed by atoms with van der Waals surface area (Å²) >= 11 is 1.70. The van der Waals surface area contributed by atoms with E-state index in [4.69, 9.17) is 10.7 Å². The lowest BCUT2D eigenvalue weighted by molar-refractivity contribution is -0.119. The number of carbonyl (C=O) groups excluding carboxylic acids is 1. The molecule has 0 aliphatic heterocycles. The Hall–Kier alpha value is -2.97. The molecule has 4 N–H and O–H groups in total. The number of thiophene rings is 1. The van der Waals surface area contributed by atoms with Crippen LogP contribution < -0.4 is 16.4 Å². The monoisotopic (exact) mass is 380 g/mol. The van der Waals surface area contributed by atoms with Gasteiger partial charge in [-0.3, -0.25) is 4.79 Å². The highest BCUT2D eigenvalue weighted by atomic mass is 32.1. The Kier molecular flexibility index (Phi) is 4.51. The average Bonchev–Trinajstić information content (AvgIpc) is 3.29. The maximum atomic E-state index is 11.4. The molecule has 0 spiro atoms. The zero-order valence-corrected chi connectivity index (χ0v) is 15.9. The number of rotatable bonds is 5. The lowest BCUT2D eigenvalue weighted by Crippen LogP contribution is -2.29. The summed E-state index contributed by atoms with van der Waals surface area (Å²) in [4.78, 5) is 21.7. The first-order chi connectivity index (χ1) is 13.1. The highest BCUT2D eigenvalue weighted by molar-refractivity contribution is 7.23. The Labute approximate surface area is 160 Å². The second kappa shape index (κ2) is 6.98. The minimum atomic E-state index is -0.162. The molecule has 0 radical (unpaired) electrons. The van der Waals surface area contributed by atoms with Crippen LogP contribution in [0.4, 0.5) is 5.82 Å². The van der Waals surface area contributed by atoms with Crippen molar-refractivity contribution in [1.29, 1.82) is 0 Å². The van der Waals surface area contributed by atoms with Gasteiger partial charge in [-0.05, 0) is 23.3 Å². The largest absolute Gasteiger partial charge is 0.371 e. The zero-order chi connectivity index (χ0) is 19.0. The molecule has 1 aromatic carbocycles. The van der Waals surface area contributed by atoms with Gasteiger partial charge in [0.2, 0.25) is 5.91 Å². The number of benzene rings is 1. The molecule has 8 heteroatoms. The van der Waals surface area contributed by atoms with E-state index in [0.717, 1.165) is 43.1 Å². The van der Waals surface area contributed by atoms with Crippen molar-refractivity contribution in [3.8, 4) is 10.4 Å². The second-order valence-electron chi connectivity index (χ2n) is 6.27. The number of aromatic nitrogens is 3. The van der Waals surface area contributed by atoms with Gasteiger partial charge in [-0.1, -0.05) is 18.2 Å². The van der Waals surface area contributed by atoms with Gasteiger partial charge in [-0.15, -0.1) is 11.3 Å². The van der Waals surface area contributed by atoms with E-state index in [-0.39, 0.29) is 12.5 Å². The van der Waals surface area contributed by atoms with Gasteiger partial charge in [0.25, 0.3) is 0 Å². The molecule has 0 atom stereocenters. The van der Waals surface area contributed by atoms with Gasteiger partial charge in [-0.25, -0.2) is 9.97 Å². The summed E-state index contributed by atoms with van der Waals surface area (Å²) in [5.74, 6) is 0.616. The van der Waals surface area contributed by atoms with Crippen molar-refractivity contribution in [2.45, 2.75) is 6.54 Å². The minimum absolute atomic E-state index is 0.00380. The molecule has 7 nitrogen and oxygen atoms in total. The Morgan fingerprint density at radius 2 is 2.19 bits per heavy atom. The van der Waals surface area contributed by atoms with Crippen LogP contribution in [0.3, 0.4) is 0 Å². The number of nitrogens with zero attached hydrogens (tertiary/aromatic N) is 3. The van der Waals surface area contributed by atoms with Gasteiger partial charge >= 0.3 is 0 Å². The van der Waals surface area contributed by atoms with Gasteiger partial charge in [0.05, 0.1) is 28.6 Å². The molecule has 4 aromatic rings. The first kappa shape index (κ1) is 17.4. The predicted molar refractivity (Wildman–Crippen MR) is 110 cm³/mol. The molecular weight excluding hydrogens is 360 g/mol. The van der Waals surface area contributed by atoms with Crippen LogP contribution in [0, 0.1) is 0 Å². The van der Waals surface area contributed by atoms with Crippen LogP contribution in [0.25, 0.3) is 31.7 Å². The number of anilines is 1. The highest BCUT2D eigenvalue weighted by Gasteiger charge is 2.15. The Balaban J connectivity index is 1.77. The van der Waals surface area contributed by atoms with E-state index in [1.807, 2.05) is 37.1 Å². The van der Waals surface area contributed by atoms with Gasteiger partial charge in [0.1, 0.15) is 5.52 Å². The standard InChI is InChI=1S/C19H20N6OS/c1-21-19-16-17(25(2)10-23-16)18-13(24-19)7-14(27-18)12-5-3-4-11(6-12)9-22-15(26)8-20/h3-7,10H,8-9,20H2,1-2H3,(H,21,24)(H,22,26). The summed E-state index contributed by atoms with van der Waals surface area (Å²) in [6.45, 7) is 0.457. The minimum Gasteiger partial charge on any atom is -0.371 e. The van der Waals surface area contributed by atoms with Crippen LogP contribution >= 0.6 is 11.3 Å². The van der Waals surface area contributed by atoms with Crippen molar-refractivity contribution >= 4 is 44.3 Å². The number of pyridine rings is 1. The Morgan fingerprint density at radius 3 is 2.96 bits per heavy atom. The maximum Gasteiger partial charge on any atom is 0.234 e. The van der Waals surface area contributed by atoms with E-state index < -0.39 is 0 Å². The molecule has 0 aliphatic rings. The van der Waals surface area contributed by atoms with Crippen LogP contribution in [0.15, 0.2) is 36.7 Å². The summed E-state index contributed by atoms with van der Waals surface area (Å²) in [6.07, 6.45) is 1.81. The van der Waals surface area contributed by atoms with Crippen LogP contribution in [-0.2, 0) is 18.4 Å². The van der Waals surface area contributed by atoms with Crippen molar-refractivity contribution in [2.24, 2.45) is 12.8 Å². The Morgan fingerprint density at radius 1 is 1.33 bits per heavy atom. The number of aryl methyl sites for hydroxylation is 1. The molecule has 4 rings (SSSR count). The number of nitrogens with two attached hydrogens (primary N) is 1. The zero-order valence-electron chi connectivity index (χ0n) is 15.1. The number of hydrogen-bond acceptors (Lipinski definition) is 6. The van der Waals surface area contributed by atoms with Crippen molar-refractivity contribution in [2.75, 3.05) is 18.9 Å². The lowest BCUT2D eigenvalue weighted by Gasteiger charge is -2.05. The molecule has 27 heavy (non-hydrogen) atoms. The second-order valence-corrected chi connectivity index (χ2v) is 7.32. The molecule has 3 aromatic heterocycles. The fourth-order valence-electron chi connectivity index (χ4n) is 3.10. The van der Waals surface area contributed by atoms with E-state index >= 15 is 0 Å². The topological polar surface area (TPSA) is 97.9 Å². The molecule has 0 saturated carbocycles. The van der Waals surface area contributed by atoms with Crippen LogP contribution in [0.5, 0.6) is 0 Å². The van der Waals surface area contributed by atoms with Crippen molar-refractivity contribution in [3.05, 3.63) is 42.2 Å². The van der Waals surface area contributed by atoms with E-state index in [9.17, 15) is 4.79 Å². The number of imidazole rings is 1. The maximum absolute atomic E-state index is 11.4. The molecule has 0 fully saturated rings. The van der Waals surface area contributed by atoms with Gasteiger partial charge < -0.3 is 20.9 Å². The third kappa shape index (κ3) is 3.13. The number of hydrogen-bond donors (Lipinski definition) is 3. The van der Waals surface area contributed by atoms with E-state index in [0.29, 0.717) is 6.54 Å². The molecule has 1 amide bonds. The molecular formula is C19H20N6OS. The number of nitrogens with one attached hydrogen (secondary N) is 2. The van der Waals surface area contributed by atoms with E-state index in [1.54, 1.807) is 11.3 Å². The van der Waals surface area contributed by atoms with Gasteiger partial charge in [0, 0.05) is 25.5 Å². The van der Waals surface area contributed by atoms with Gasteiger partial charge in [-0.2, -0.15) is 0 Å². The normalized spacial score (nSPS) is 11.2. The summed E-state index contributed by atoms with van der Waals surface area (Å²) in [5.41, 5.74) is 10.4. The summed E-state index contributed by atoms with van der Waals surface area (Å²) in [7, 11) is 3.85. The average molecular weight is 380 g/mol. The summed E-state index contributed by atoms with van der Waals surface area (Å²) in [6, 6.07) is 10.2. The van der Waals surface area contributed by atoms with E-state index in [2.05, 4.69) is 33.8 Å². The summed E-state index contributed by atoms with van der Waals surface area (Å²) in [5, 5.41) is 5.94. The van der Waals surface area contributed by atoms with Crippen LogP contribution in [0.1, 0.15) is 5.56 Å². The van der Waals surface area contributed by atoms with Crippen molar-refractivity contribution in [3.63, 3.8) is 0 Å². The molecule has 0 saturated heterocycles. The number of carbonyl (C=O) groups is 1. The molecule has 0 bridgehead atoms. The molecule has 138 valence electrons.